The van der Waals surface area contributed by atoms with Crippen LogP contribution in [-0.4, -0.2) is 6.54 Å². The van der Waals surface area contributed by atoms with E-state index in [2.05, 4.69) is 31.2 Å². The molecule has 0 amide bonds. The van der Waals surface area contributed by atoms with E-state index in [1.165, 1.54) is 22.3 Å². The van der Waals surface area contributed by atoms with Crippen LogP contribution in [-0.2, 0) is 6.42 Å². The Morgan fingerprint density at radius 3 is 2.92 bits per heavy atom. The van der Waals surface area contributed by atoms with E-state index in [0.29, 0.717) is 6.54 Å². The molecule has 0 saturated carbocycles. The highest BCUT2D eigenvalue weighted by Crippen LogP contribution is 2.25. The van der Waals surface area contributed by atoms with Gasteiger partial charge >= 0.3 is 0 Å². The molecule has 0 unspecified atom stereocenters. The first-order valence-electron chi connectivity index (χ1n) is 4.79. The van der Waals surface area contributed by atoms with Crippen molar-refractivity contribution in [2.24, 2.45) is 5.73 Å². The molecule has 68 valence electrons. The monoisotopic (exact) mass is 173 g/mol. The Hall–Kier alpha value is -1.08. The van der Waals surface area contributed by atoms with Crippen LogP contribution >= 0.6 is 0 Å². The highest BCUT2D eigenvalue weighted by Gasteiger charge is 2.10. The SMILES string of the molecule is Cc1cccc2c1C=C(CN)CC2. The Balaban J connectivity index is 2.49. The molecule has 1 nitrogen and oxygen atoms in total. The average molecular weight is 173 g/mol. The first kappa shape index (κ1) is 8.52. The topological polar surface area (TPSA) is 26.0 Å². The summed E-state index contributed by atoms with van der Waals surface area (Å²) in [6.45, 7) is 2.86. The third kappa shape index (κ3) is 1.52. The largest absolute Gasteiger partial charge is 0.327 e. The van der Waals surface area contributed by atoms with Crippen LogP contribution in [0.4, 0.5) is 0 Å². The maximum atomic E-state index is 5.64. The van der Waals surface area contributed by atoms with Gasteiger partial charge in [0, 0.05) is 6.54 Å². The second kappa shape index (κ2) is 3.35. The number of fused-ring (bicyclic) bond motifs is 1. The van der Waals surface area contributed by atoms with Crippen LogP contribution in [0, 0.1) is 6.92 Å². The van der Waals surface area contributed by atoms with Crippen molar-refractivity contribution < 1.29 is 0 Å². The van der Waals surface area contributed by atoms with Gasteiger partial charge in [0.25, 0.3) is 0 Å². The summed E-state index contributed by atoms with van der Waals surface area (Å²) in [7, 11) is 0. The van der Waals surface area contributed by atoms with Crippen molar-refractivity contribution in [3.8, 4) is 0 Å². The number of hydrogen-bond donors (Lipinski definition) is 1. The Labute approximate surface area is 79.3 Å². The molecule has 1 aromatic rings. The lowest BCUT2D eigenvalue weighted by Gasteiger charge is -2.16. The lowest BCUT2D eigenvalue weighted by molar-refractivity contribution is 0.890. The second-order valence-electron chi connectivity index (χ2n) is 3.65. The van der Waals surface area contributed by atoms with Gasteiger partial charge in [-0.25, -0.2) is 0 Å². The van der Waals surface area contributed by atoms with Gasteiger partial charge in [-0.05, 0) is 36.5 Å². The third-order valence-corrected chi connectivity index (χ3v) is 2.74. The molecule has 0 spiro atoms. The zero-order valence-corrected chi connectivity index (χ0v) is 8.01. The zero-order valence-electron chi connectivity index (χ0n) is 8.01. The molecule has 1 aliphatic carbocycles. The molecule has 0 saturated heterocycles. The van der Waals surface area contributed by atoms with Crippen molar-refractivity contribution in [2.75, 3.05) is 6.54 Å². The standard InChI is InChI=1S/C12H15N/c1-9-3-2-4-11-6-5-10(8-13)7-12(9)11/h2-4,7H,5-6,8,13H2,1H3. The quantitative estimate of drug-likeness (QED) is 0.692. The van der Waals surface area contributed by atoms with Crippen LogP contribution < -0.4 is 5.73 Å². The van der Waals surface area contributed by atoms with Crippen molar-refractivity contribution in [1.29, 1.82) is 0 Å². The van der Waals surface area contributed by atoms with Gasteiger partial charge < -0.3 is 5.73 Å². The van der Waals surface area contributed by atoms with E-state index in [1.54, 1.807) is 0 Å². The number of hydrogen-bond acceptors (Lipinski definition) is 1. The molecule has 13 heavy (non-hydrogen) atoms. The minimum absolute atomic E-state index is 0.702. The maximum absolute atomic E-state index is 5.64. The zero-order chi connectivity index (χ0) is 9.26. The van der Waals surface area contributed by atoms with Crippen LogP contribution in [0.15, 0.2) is 23.8 Å². The number of rotatable bonds is 1. The molecule has 1 heteroatoms. The minimum atomic E-state index is 0.702. The fourth-order valence-electron chi connectivity index (χ4n) is 1.90. The van der Waals surface area contributed by atoms with Gasteiger partial charge in [0.2, 0.25) is 0 Å². The molecular weight excluding hydrogens is 158 g/mol. The molecule has 2 rings (SSSR count). The lowest BCUT2D eigenvalue weighted by atomic mass is 9.90. The van der Waals surface area contributed by atoms with Gasteiger partial charge in [-0.2, -0.15) is 0 Å². The van der Waals surface area contributed by atoms with Gasteiger partial charge in [0.05, 0.1) is 0 Å². The van der Waals surface area contributed by atoms with Gasteiger partial charge in [-0.3, -0.25) is 0 Å². The summed E-state index contributed by atoms with van der Waals surface area (Å²) in [4.78, 5) is 0. The Kier molecular flexibility index (Phi) is 2.19. The number of nitrogens with two attached hydrogens (primary N) is 1. The maximum Gasteiger partial charge on any atom is 0.0140 e. The second-order valence-corrected chi connectivity index (χ2v) is 3.65. The van der Waals surface area contributed by atoms with E-state index in [4.69, 9.17) is 5.73 Å². The van der Waals surface area contributed by atoms with E-state index in [-0.39, 0.29) is 0 Å². The van der Waals surface area contributed by atoms with Gasteiger partial charge in [0.15, 0.2) is 0 Å². The summed E-state index contributed by atoms with van der Waals surface area (Å²) in [6.07, 6.45) is 4.54. The van der Waals surface area contributed by atoms with Gasteiger partial charge in [-0.1, -0.05) is 29.8 Å². The fourth-order valence-corrected chi connectivity index (χ4v) is 1.90. The smallest absolute Gasteiger partial charge is 0.0140 e. The molecule has 1 aromatic carbocycles. The fraction of sp³-hybridized carbons (Fsp3) is 0.333. The van der Waals surface area contributed by atoms with E-state index in [0.717, 1.165) is 12.8 Å². The van der Waals surface area contributed by atoms with Crippen LogP contribution in [0.3, 0.4) is 0 Å². The van der Waals surface area contributed by atoms with E-state index in [9.17, 15) is 0 Å². The van der Waals surface area contributed by atoms with Crippen molar-refractivity contribution in [1.82, 2.24) is 0 Å². The summed E-state index contributed by atoms with van der Waals surface area (Å²) in [5, 5.41) is 0. The Morgan fingerprint density at radius 2 is 2.15 bits per heavy atom. The van der Waals surface area contributed by atoms with Gasteiger partial charge in [-0.15, -0.1) is 0 Å². The molecular formula is C12H15N. The summed E-state index contributed by atoms with van der Waals surface area (Å²) in [5.41, 5.74) is 11.2. The van der Waals surface area contributed by atoms with Crippen molar-refractivity contribution in [2.45, 2.75) is 19.8 Å². The van der Waals surface area contributed by atoms with Crippen LogP contribution in [0.1, 0.15) is 23.1 Å². The van der Waals surface area contributed by atoms with Crippen molar-refractivity contribution >= 4 is 6.08 Å². The Bertz CT molecular complexity index is 350. The molecule has 0 fully saturated rings. The first-order valence-corrected chi connectivity index (χ1v) is 4.79. The number of aryl methyl sites for hydroxylation is 2. The predicted octanol–water partition coefficient (Wildman–Crippen LogP) is 2.28. The van der Waals surface area contributed by atoms with E-state index < -0.39 is 0 Å². The molecule has 0 aliphatic heterocycles. The molecule has 1 aliphatic rings. The molecule has 2 N–H and O–H groups in total. The third-order valence-electron chi connectivity index (χ3n) is 2.74. The average Bonchev–Trinajstić information content (AvgIpc) is 2.18. The van der Waals surface area contributed by atoms with Crippen LogP contribution in [0.25, 0.3) is 6.08 Å². The van der Waals surface area contributed by atoms with Crippen LogP contribution in [0.2, 0.25) is 0 Å². The molecule has 0 atom stereocenters. The van der Waals surface area contributed by atoms with Crippen LogP contribution in [0.5, 0.6) is 0 Å². The van der Waals surface area contributed by atoms with E-state index in [1.807, 2.05) is 0 Å². The van der Waals surface area contributed by atoms with E-state index >= 15 is 0 Å². The van der Waals surface area contributed by atoms with Gasteiger partial charge in [0.1, 0.15) is 0 Å². The summed E-state index contributed by atoms with van der Waals surface area (Å²) in [5.74, 6) is 0. The summed E-state index contributed by atoms with van der Waals surface area (Å²) < 4.78 is 0. The molecule has 0 bridgehead atoms. The van der Waals surface area contributed by atoms with Crippen molar-refractivity contribution in [3.05, 3.63) is 40.5 Å². The number of benzene rings is 1. The molecule has 0 heterocycles. The normalized spacial score (nSPS) is 15.1. The lowest BCUT2D eigenvalue weighted by Crippen LogP contribution is -2.08. The van der Waals surface area contributed by atoms with Crippen molar-refractivity contribution in [3.63, 3.8) is 0 Å². The molecule has 0 aromatic heterocycles. The summed E-state index contributed by atoms with van der Waals surface area (Å²) in [6, 6.07) is 6.51. The highest BCUT2D eigenvalue weighted by atomic mass is 14.5. The summed E-state index contributed by atoms with van der Waals surface area (Å²) >= 11 is 0. The Morgan fingerprint density at radius 1 is 1.31 bits per heavy atom. The first-order chi connectivity index (χ1) is 6.31. The minimum Gasteiger partial charge on any atom is -0.327 e. The highest BCUT2D eigenvalue weighted by molar-refractivity contribution is 5.62. The molecule has 0 radical (unpaired) electrons. The predicted molar refractivity (Wildman–Crippen MR) is 56.5 cm³/mol.